The number of nitrogens with one attached hydrogen (secondary N) is 2. The van der Waals surface area contributed by atoms with E-state index in [-0.39, 0.29) is 5.91 Å². The van der Waals surface area contributed by atoms with Crippen LogP contribution in [0.2, 0.25) is 0 Å². The molecule has 0 aliphatic carbocycles. The van der Waals surface area contributed by atoms with E-state index in [1.807, 2.05) is 12.3 Å². The fourth-order valence-electron chi connectivity index (χ4n) is 2.35. The minimum Gasteiger partial charge on any atom is -0.383 e. The van der Waals surface area contributed by atoms with Crippen LogP contribution >= 0.6 is 0 Å². The molecule has 2 N–H and O–H groups in total. The number of hydrogen-bond donors (Lipinski definition) is 2. The number of piperidine rings is 1. The van der Waals surface area contributed by atoms with Gasteiger partial charge >= 0.3 is 0 Å². The van der Waals surface area contributed by atoms with Gasteiger partial charge in [-0.05, 0) is 32.0 Å². The maximum atomic E-state index is 12.4. The average molecular weight is 252 g/mol. The fraction of sp³-hybridized carbons (Fsp3) is 0.667. The Bertz CT molecular complexity index is 371. The van der Waals surface area contributed by atoms with Gasteiger partial charge in [0, 0.05) is 26.0 Å². The average Bonchev–Trinajstić information content (AvgIpc) is 2.94. The van der Waals surface area contributed by atoms with E-state index in [2.05, 4.69) is 15.7 Å². The van der Waals surface area contributed by atoms with Crippen molar-refractivity contribution in [3.05, 3.63) is 18.5 Å². The van der Waals surface area contributed by atoms with Gasteiger partial charge in [0.25, 0.3) is 0 Å². The number of ether oxygens (including phenoxy) is 1. The van der Waals surface area contributed by atoms with Crippen LogP contribution in [-0.2, 0) is 15.1 Å². The largest absolute Gasteiger partial charge is 0.383 e. The Morgan fingerprint density at radius 1 is 1.56 bits per heavy atom. The first-order chi connectivity index (χ1) is 8.79. The van der Waals surface area contributed by atoms with Crippen LogP contribution in [0.15, 0.2) is 18.5 Å². The molecular weight excluding hydrogens is 232 g/mol. The molecule has 6 nitrogen and oxygen atoms in total. The number of rotatable bonds is 5. The van der Waals surface area contributed by atoms with Crippen LogP contribution in [0.5, 0.6) is 0 Å². The number of hydrogen-bond acceptors (Lipinski definition) is 4. The molecule has 1 aromatic heterocycles. The zero-order valence-corrected chi connectivity index (χ0v) is 10.7. The summed E-state index contributed by atoms with van der Waals surface area (Å²) in [4.78, 5) is 12.4. The normalized spacial score (nSPS) is 18.5. The first-order valence-electron chi connectivity index (χ1n) is 6.28. The van der Waals surface area contributed by atoms with Gasteiger partial charge in [-0.25, -0.2) is 0 Å². The Balaban J connectivity index is 2.12. The molecule has 100 valence electrons. The van der Waals surface area contributed by atoms with Gasteiger partial charge in [0.2, 0.25) is 5.91 Å². The van der Waals surface area contributed by atoms with E-state index in [9.17, 15) is 4.79 Å². The third-order valence-electron chi connectivity index (χ3n) is 3.39. The molecule has 0 bridgehead atoms. The van der Waals surface area contributed by atoms with E-state index in [0.29, 0.717) is 13.2 Å². The van der Waals surface area contributed by atoms with Crippen LogP contribution in [0.3, 0.4) is 0 Å². The van der Waals surface area contributed by atoms with Gasteiger partial charge in [-0.15, -0.1) is 0 Å². The third kappa shape index (κ3) is 2.54. The van der Waals surface area contributed by atoms with Crippen LogP contribution in [0.4, 0.5) is 0 Å². The Labute approximate surface area is 107 Å². The summed E-state index contributed by atoms with van der Waals surface area (Å²) >= 11 is 0. The molecule has 1 aromatic rings. The van der Waals surface area contributed by atoms with Gasteiger partial charge in [-0.3, -0.25) is 9.48 Å². The molecule has 1 aliphatic rings. The molecular formula is C12H20N4O2. The monoisotopic (exact) mass is 252 g/mol. The Hall–Kier alpha value is -1.40. The smallest absolute Gasteiger partial charge is 0.248 e. The number of amides is 1. The van der Waals surface area contributed by atoms with Crippen LogP contribution in [0, 0.1) is 0 Å². The number of aromatic nitrogens is 2. The number of methoxy groups -OCH3 is 1. The summed E-state index contributed by atoms with van der Waals surface area (Å²) in [6.07, 6.45) is 5.09. The van der Waals surface area contributed by atoms with Crippen LogP contribution in [-0.4, -0.2) is 49.0 Å². The first-order valence-corrected chi connectivity index (χ1v) is 6.28. The topological polar surface area (TPSA) is 68.2 Å². The van der Waals surface area contributed by atoms with Gasteiger partial charge in [0.15, 0.2) is 0 Å². The van der Waals surface area contributed by atoms with Crippen molar-refractivity contribution in [1.82, 2.24) is 20.4 Å². The van der Waals surface area contributed by atoms with E-state index in [1.165, 1.54) is 0 Å². The molecule has 1 saturated heterocycles. The van der Waals surface area contributed by atoms with Gasteiger partial charge in [0.1, 0.15) is 5.54 Å². The summed E-state index contributed by atoms with van der Waals surface area (Å²) in [6.45, 7) is 2.72. The first kappa shape index (κ1) is 13.0. The molecule has 0 aromatic carbocycles. The van der Waals surface area contributed by atoms with E-state index in [1.54, 1.807) is 18.0 Å². The highest BCUT2D eigenvalue weighted by Crippen LogP contribution is 2.26. The minimum atomic E-state index is -0.553. The number of carbonyl (C=O) groups excluding carboxylic acids is 1. The molecule has 1 amide bonds. The van der Waals surface area contributed by atoms with Crippen molar-refractivity contribution in [1.29, 1.82) is 0 Å². The quantitative estimate of drug-likeness (QED) is 0.708. The van der Waals surface area contributed by atoms with E-state index in [0.717, 1.165) is 25.9 Å². The second kappa shape index (κ2) is 5.97. The maximum Gasteiger partial charge on any atom is 0.248 e. The molecule has 18 heavy (non-hydrogen) atoms. The molecule has 6 heteroatoms. The molecule has 0 atom stereocenters. The minimum absolute atomic E-state index is 0.0322. The molecule has 0 saturated carbocycles. The molecule has 1 aliphatic heterocycles. The van der Waals surface area contributed by atoms with Crippen molar-refractivity contribution < 1.29 is 9.53 Å². The summed E-state index contributed by atoms with van der Waals surface area (Å²) in [5, 5.41) is 10.5. The lowest BCUT2D eigenvalue weighted by Crippen LogP contribution is -2.55. The molecule has 0 radical (unpaired) electrons. The van der Waals surface area contributed by atoms with Crippen molar-refractivity contribution in [2.45, 2.75) is 18.4 Å². The molecule has 0 spiro atoms. The fourth-order valence-corrected chi connectivity index (χ4v) is 2.35. The highest BCUT2D eigenvalue weighted by atomic mass is 16.5. The standard InChI is InChI=1S/C12H20N4O2/c1-18-10-8-14-11(17)12(3-6-13-7-4-12)16-9-2-5-15-16/h2,5,9,13H,3-4,6-8,10H2,1H3,(H,14,17). The summed E-state index contributed by atoms with van der Waals surface area (Å²) in [6, 6.07) is 1.85. The predicted molar refractivity (Wildman–Crippen MR) is 67.2 cm³/mol. The van der Waals surface area contributed by atoms with Crippen LogP contribution < -0.4 is 10.6 Å². The molecule has 1 fully saturated rings. The van der Waals surface area contributed by atoms with Crippen molar-refractivity contribution in [2.75, 3.05) is 33.4 Å². The molecule has 0 unspecified atom stereocenters. The summed E-state index contributed by atoms with van der Waals surface area (Å²) in [5.74, 6) is 0.0322. The second-order valence-electron chi connectivity index (χ2n) is 4.48. The summed E-state index contributed by atoms with van der Waals surface area (Å²) < 4.78 is 6.74. The number of carbonyl (C=O) groups is 1. The number of nitrogens with zero attached hydrogens (tertiary/aromatic N) is 2. The van der Waals surface area contributed by atoms with Crippen molar-refractivity contribution in [3.63, 3.8) is 0 Å². The van der Waals surface area contributed by atoms with Crippen LogP contribution in [0.1, 0.15) is 12.8 Å². The Kier molecular flexibility index (Phi) is 4.33. The van der Waals surface area contributed by atoms with E-state index in [4.69, 9.17) is 4.74 Å². The summed E-state index contributed by atoms with van der Waals surface area (Å²) in [7, 11) is 1.62. The zero-order valence-electron chi connectivity index (χ0n) is 10.7. The van der Waals surface area contributed by atoms with Crippen molar-refractivity contribution in [3.8, 4) is 0 Å². The Morgan fingerprint density at radius 3 is 2.94 bits per heavy atom. The van der Waals surface area contributed by atoms with Crippen molar-refractivity contribution >= 4 is 5.91 Å². The van der Waals surface area contributed by atoms with E-state index >= 15 is 0 Å². The highest BCUT2D eigenvalue weighted by molar-refractivity contribution is 5.84. The zero-order chi connectivity index (χ0) is 12.8. The van der Waals surface area contributed by atoms with Gasteiger partial charge in [0.05, 0.1) is 6.61 Å². The Morgan fingerprint density at radius 2 is 2.33 bits per heavy atom. The lowest BCUT2D eigenvalue weighted by molar-refractivity contribution is -0.132. The van der Waals surface area contributed by atoms with E-state index < -0.39 is 5.54 Å². The van der Waals surface area contributed by atoms with Crippen LogP contribution in [0.25, 0.3) is 0 Å². The highest BCUT2D eigenvalue weighted by Gasteiger charge is 2.41. The van der Waals surface area contributed by atoms with Gasteiger partial charge in [-0.2, -0.15) is 5.10 Å². The predicted octanol–water partition coefficient (Wildman–Crippen LogP) is -0.276. The maximum absolute atomic E-state index is 12.4. The van der Waals surface area contributed by atoms with Gasteiger partial charge < -0.3 is 15.4 Å². The molecule has 2 heterocycles. The summed E-state index contributed by atoms with van der Waals surface area (Å²) in [5.41, 5.74) is -0.553. The second-order valence-corrected chi connectivity index (χ2v) is 4.48. The SMILES string of the molecule is COCCNC(=O)C1(n2cccn2)CCNCC1. The lowest BCUT2D eigenvalue weighted by atomic mass is 9.87. The van der Waals surface area contributed by atoms with Crippen molar-refractivity contribution in [2.24, 2.45) is 0 Å². The molecule has 2 rings (SSSR count). The van der Waals surface area contributed by atoms with Gasteiger partial charge in [-0.1, -0.05) is 0 Å². The third-order valence-corrected chi connectivity index (χ3v) is 3.39. The lowest BCUT2D eigenvalue weighted by Gasteiger charge is -2.36.